The Bertz CT molecular complexity index is 179. The third-order valence-corrected chi connectivity index (χ3v) is 2.35. The maximum Gasteiger partial charge on any atom is 0.0394 e. The number of allylic oxidation sites excluding steroid dienone is 2. The van der Waals surface area contributed by atoms with E-state index in [0.29, 0.717) is 0 Å². The minimum absolute atomic E-state index is 0.785. The lowest BCUT2D eigenvalue weighted by atomic mass is 9.97. The summed E-state index contributed by atoms with van der Waals surface area (Å²) in [5, 5.41) is 0. The summed E-state index contributed by atoms with van der Waals surface area (Å²) in [4.78, 5) is 4.32. The summed E-state index contributed by atoms with van der Waals surface area (Å²) in [5.41, 5.74) is 1.34. The average molecular weight is 165 g/mol. The van der Waals surface area contributed by atoms with Crippen molar-refractivity contribution in [2.75, 3.05) is 6.54 Å². The normalized spacial score (nSPS) is 23.5. The van der Waals surface area contributed by atoms with Gasteiger partial charge in [-0.2, -0.15) is 0 Å². The lowest BCUT2D eigenvalue weighted by Gasteiger charge is -2.08. The SMILES string of the molecule is CCCCC1C=C(C)C=NCC1. The average Bonchev–Trinajstić information content (AvgIpc) is 2.26. The number of nitrogens with zero attached hydrogens (tertiary/aromatic N) is 1. The molecule has 68 valence electrons. The van der Waals surface area contributed by atoms with Crippen LogP contribution in [0.1, 0.15) is 39.5 Å². The van der Waals surface area contributed by atoms with Gasteiger partial charge in [0.2, 0.25) is 0 Å². The summed E-state index contributed by atoms with van der Waals surface area (Å²) in [5.74, 6) is 0.785. The number of hydrogen-bond acceptors (Lipinski definition) is 1. The standard InChI is InChI=1S/C11H19N/c1-3-4-5-11-6-7-12-9-10(2)8-11/h8-9,11H,3-7H2,1-2H3. The Hall–Kier alpha value is -0.590. The van der Waals surface area contributed by atoms with Gasteiger partial charge >= 0.3 is 0 Å². The Balaban J connectivity index is 2.39. The van der Waals surface area contributed by atoms with Crippen molar-refractivity contribution in [1.29, 1.82) is 0 Å². The van der Waals surface area contributed by atoms with E-state index in [1.165, 1.54) is 31.3 Å². The zero-order valence-corrected chi connectivity index (χ0v) is 8.21. The van der Waals surface area contributed by atoms with Crippen LogP contribution in [-0.2, 0) is 0 Å². The van der Waals surface area contributed by atoms with E-state index in [2.05, 4.69) is 24.9 Å². The molecule has 1 heteroatoms. The topological polar surface area (TPSA) is 12.4 Å². The molecule has 1 atom stereocenters. The molecule has 1 nitrogen and oxygen atoms in total. The molecule has 0 saturated heterocycles. The van der Waals surface area contributed by atoms with Crippen molar-refractivity contribution < 1.29 is 0 Å². The first-order valence-electron chi connectivity index (χ1n) is 5.01. The van der Waals surface area contributed by atoms with E-state index in [9.17, 15) is 0 Å². The van der Waals surface area contributed by atoms with Crippen molar-refractivity contribution in [1.82, 2.24) is 0 Å². The zero-order valence-electron chi connectivity index (χ0n) is 8.21. The number of unbranched alkanes of at least 4 members (excludes halogenated alkanes) is 1. The lowest BCUT2D eigenvalue weighted by Crippen LogP contribution is -1.97. The molecule has 0 amide bonds. The molecular weight excluding hydrogens is 146 g/mol. The zero-order chi connectivity index (χ0) is 8.81. The van der Waals surface area contributed by atoms with Gasteiger partial charge in [-0.05, 0) is 31.3 Å². The smallest absolute Gasteiger partial charge is 0.0394 e. The number of rotatable bonds is 3. The molecule has 1 heterocycles. The van der Waals surface area contributed by atoms with Gasteiger partial charge in [-0.3, -0.25) is 4.99 Å². The fourth-order valence-corrected chi connectivity index (χ4v) is 1.64. The number of hydrogen-bond donors (Lipinski definition) is 0. The predicted octanol–water partition coefficient (Wildman–Crippen LogP) is 3.21. The third-order valence-electron chi connectivity index (χ3n) is 2.35. The van der Waals surface area contributed by atoms with Gasteiger partial charge in [0, 0.05) is 12.8 Å². The van der Waals surface area contributed by atoms with E-state index in [0.717, 1.165) is 12.5 Å². The Morgan fingerprint density at radius 3 is 3.17 bits per heavy atom. The Kier molecular flexibility index (Phi) is 4.06. The Morgan fingerprint density at radius 1 is 1.58 bits per heavy atom. The molecular formula is C11H19N. The van der Waals surface area contributed by atoms with Crippen LogP contribution in [-0.4, -0.2) is 12.8 Å². The molecule has 0 aromatic rings. The Morgan fingerprint density at radius 2 is 2.42 bits per heavy atom. The van der Waals surface area contributed by atoms with Crippen molar-refractivity contribution in [3.8, 4) is 0 Å². The van der Waals surface area contributed by atoms with E-state index in [4.69, 9.17) is 0 Å². The van der Waals surface area contributed by atoms with Crippen molar-refractivity contribution >= 4 is 6.21 Å². The molecule has 0 saturated carbocycles. The molecule has 1 rings (SSSR count). The van der Waals surface area contributed by atoms with Crippen LogP contribution in [0.5, 0.6) is 0 Å². The molecule has 0 aromatic carbocycles. The summed E-state index contributed by atoms with van der Waals surface area (Å²) < 4.78 is 0. The van der Waals surface area contributed by atoms with Crippen LogP contribution in [0.15, 0.2) is 16.6 Å². The highest BCUT2D eigenvalue weighted by atomic mass is 14.7. The molecule has 0 bridgehead atoms. The summed E-state index contributed by atoms with van der Waals surface area (Å²) in [6.07, 6.45) is 9.64. The molecule has 0 fully saturated rings. The van der Waals surface area contributed by atoms with Crippen LogP contribution >= 0.6 is 0 Å². The first-order chi connectivity index (χ1) is 5.83. The number of aliphatic imine (C=N–C) groups is 1. The fourth-order valence-electron chi connectivity index (χ4n) is 1.64. The van der Waals surface area contributed by atoms with Crippen LogP contribution in [0.3, 0.4) is 0 Å². The highest BCUT2D eigenvalue weighted by Crippen LogP contribution is 2.17. The molecule has 0 N–H and O–H groups in total. The molecule has 0 spiro atoms. The van der Waals surface area contributed by atoms with Crippen LogP contribution in [0.4, 0.5) is 0 Å². The van der Waals surface area contributed by atoms with Crippen molar-refractivity contribution in [2.45, 2.75) is 39.5 Å². The van der Waals surface area contributed by atoms with E-state index < -0.39 is 0 Å². The summed E-state index contributed by atoms with van der Waals surface area (Å²) in [7, 11) is 0. The molecule has 0 radical (unpaired) electrons. The largest absolute Gasteiger partial charge is 0.293 e. The molecule has 0 aliphatic carbocycles. The van der Waals surface area contributed by atoms with Gasteiger partial charge in [0.25, 0.3) is 0 Å². The van der Waals surface area contributed by atoms with Crippen molar-refractivity contribution in [3.63, 3.8) is 0 Å². The van der Waals surface area contributed by atoms with Crippen LogP contribution in [0, 0.1) is 5.92 Å². The van der Waals surface area contributed by atoms with E-state index in [1.54, 1.807) is 0 Å². The summed E-state index contributed by atoms with van der Waals surface area (Å²) >= 11 is 0. The minimum atomic E-state index is 0.785. The highest BCUT2D eigenvalue weighted by molar-refractivity contribution is 5.77. The summed E-state index contributed by atoms with van der Waals surface area (Å²) in [6, 6.07) is 0. The molecule has 1 aliphatic rings. The van der Waals surface area contributed by atoms with Gasteiger partial charge in [-0.15, -0.1) is 0 Å². The van der Waals surface area contributed by atoms with Gasteiger partial charge < -0.3 is 0 Å². The predicted molar refractivity (Wildman–Crippen MR) is 54.7 cm³/mol. The first-order valence-corrected chi connectivity index (χ1v) is 5.01. The third kappa shape index (κ3) is 3.21. The monoisotopic (exact) mass is 165 g/mol. The van der Waals surface area contributed by atoms with Gasteiger partial charge in [0.05, 0.1) is 0 Å². The van der Waals surface area contributed by atoms with Crippen LogP contribution in [0.25, 0.3) is 0 Å². The highest BCUT2D eigenvalue weighted by Gasteiger charge is 2.06. The minimum Gasteiger partial charge on any atom is -0.293 e. The van der Waals surface area contributed by atoms with Gasteiger partial charge in [-0.1, -0.05) is 25.8 Å². The van der Waals surface area contributed by atoms with Crippen molar-refractivity contribution in [2.24, 2.45) is 10.9 Å². The Labute approximate surface area is 75.6 Å². The molecule has 1 unspecified atom stereocenters. The summed E-state index contributed by atoms with van der Waals surface area (Å²) in [6.45, 7) is 5.42. The van der Waals surface area contributed by atoms with Gasteiger partial charge in [0.15, 0.2) is 0 Å². The second kappa shape index (κ2) is 5.13. The van der Waals surface area contributed by atoms with Crippen LogP contribution < -0.4 is 0 Å². The van der Waals surface area contributed by atoms with E-state index in [1.807, 2.05) is 6.21 Å². The molecule has 1 aliphatic heterocycles. The maximum atomic E-state index is 4.32. The van der Waals surface area contributed by atoms with E-state index >= 15 is 0 Å². The van der Waals surface area contributed by atoms with E-state index in [-0.39, 0.29) is 0 Å². The fraction of sp³-hybridized carbons (Fsp3) is 0.727. The molecule has 12 heavy (non-hydrogen) atoms. The lowest BCUT2D eigenvalue weighted by molar-refractivity contribution is 0.526. The second-order valence-corrected chi connectivity index (χ2v) is 3.64. The maximum absolute atomic E-state index is 4.32. The quantitative estimate of drug-likeness (QED) is 0.609. The second-order valence-electron chi connectivity index (χ2n) is 3.64. The molecule has 0 aromatic heterocycles. The first kappa shape index (κ1) is 9.50. The van der Waals surface area contributed by atoms with Crippen molar-refractivity contribution in [3.05, 3.63) is 11.6 Å². The van der Waals surface area contributed by atoms with Crippen LogP contribution in [0.2, 0.25) is 0 Å². The van der Waals surface area contributed by atoms with Gasteiger partial charge in [-0.25, -0.2) is 0 Å². The van der Waals surface area contributed by atoms with Gasteiger partial charge in [0.1, 0.15) is 0 Å².